The molecule has 0 fully saturated rings. The molecule has 1 heterocycles. The molecule has 0 bridgehead atoms. The van der Waals surface area contributed by atoms with Crippen molar-refractivity contribution in [1.82, 2.24) is 10.0 Å². The van der Waals surface area contributed by atoms with Crippen LogP contribution >= 0.6 is 0 Å². The van der Waals surface area contributed by atoms with Crippen LogP contribution in [0.4, 0.5) is 10.5 Å². The standard InChI is InChI=1S/C26H27N3O6S/c1-18-8-6-7-11-20(18)16-36(32,33)28-26(31)27-22(14-19-9-4-3-5-10-19)25(30)29(2)21-12-13-23-24(15-21)35-17-34-23/h3-13,15,22H,14,16-17H2,1-2H3,(H2,27,28,31). The molecule has 10 heteroatoms. The van der Waals surface area contributed by atoms with Gasteiger partial charge in [0, 0.05) is 25.2 Å². The van der Waals surface area contributed by atoms with Crippen LogP contribution in [0.25, 0.3) is 0 Å². The van der Waals surface area contributed by atoms with Crippen LogP contribution in [-0.2, 0) is 27.0 Å². The number of rotatable bonds is 8. The summed E-state index contributed by atoms with van der Waals surface area (Å²) in [5.74, 6) is 0.308. The lowest BCUT2D eigenvalue weighted by Crippen LogP contribution is -2.52. The van der Waals surface area contributed by atoms with E-state index >= 15 is 0 Å². The van der Waals surface area contributed by atoms with Gasteiger partial charge in [0.15, 0.2) is 11.5 Å². The summed E-state index contributed by atoms with van der Waals surface area (Å²) < 4.78 is 38.0. The molecule has 1 aliphatic rings. The van der Waals surface area contributed by atoms with Crippen molar-refractivity contribution in [3.05, 3.63) is 89.5 Å². The molecule has 2 N–H and O–H groups in total. The maximum atomic E-state index is 13.4. The van der Waals surface area contributed by atoms with Crippen LogP contribution in [0.15, 0.2) is 72.8 Å². The maximum absolute atomic E-state index is 13.4. The first-order valence-corrected chi connectivity index (χ1v) is 12.9. The Kier molecular flexibility index (Phi) is 7.44. The minimum atomic E-state index is -4.00. The Morgan fingerprint density at radius 3 is 2.42 bits per heavy atom. The molecule has 9 nitrogen and oxygen atoms in total. The molecule has 0 aliphatic carbocycles. The van der Waals surface area contributed by atoms with E-state index in [1.807, 2.05) is 41.1 Å². The van der Waals surface area contributed by atoms with Gasteiger partial charge >= 0.3 is 6.03 Å². The van der Waals surface area contributed by atoms with Gasteiger partial charge in [-0.15, -0.1) is 0 Å². The fourth-order valence-electron chi connectivity index (χ4n) is 3.85. The Morgan fingerprint density at radius 1 is 0.972 bits per heavy atom. The summed E-state index contributed by atoms with van der Waals surface area (Å²) in [4.78, 5) is 27.6. The number of hydrogen-bond donors (Lipinski definition) is 2. The summed E-state index contributed by atoms with van der Waals surface area (Å²) in [5, 5.41) is 2.55. The predicted molar refractivity (Wildman–Crippen MR) is 135 cm³/mol. The molecular weight excluding hydrogens is 482 g/mol. The summed E-state index contributed by atoms with van der Waals surface area (Å²) in [5.41, 5.74) is 2.72. The Labute approximate surface area is 210 Å². The second-order valence-electron chi connectivity index (χ2n) is 8.44. The van der Waals surface area contributed by atoms with Crippen LogP contribution in [-0.4, -0.2) is 40.2 Å². The van der Waals surface area contributed by atoms with E-state index in [1.165, 1.54) is 4.90 Å². The van der Waals surface area contributed by atoms with Crippen molar-refractivity contribution < 1.29 is 27.5 Å². The number of ether oxygens (including phenoxy) is 2. The molecule has 0 aromatic heterocycles. The molecular formula is C26H27N3O6S. The molecule has 0 radical (unpaired) electrons. The average molecular weight is 510 g/mol. The normalized spacial score (nSPS) is 13.1. The van der Waals surface area contributed by atoms with Gasteiger partial charge in [-0.05, 0) is 35.7 Å². The number of nitrogens with zero attached hydrogens (tertiary/aromatic N) is 1. The number of nitrogens with one attached hydrogen (secondary N) is 2. The maximum Gasteiger partial charge on any atom is 0.329 e. The molecule has 188 valence electrons. The number of carbonyl (C=O) groups excluding carboxylic acids is 2. The van der Waals surface area contributed by atoms with Crippen molar-refractivity contribution in [2.24, 2.45) is 0 Å². The SMILES string of the molecule is Cc1ccccc1CS(=O)(=O)NC(=O)NC(Cc1ccccc1)C(=O)N(C)c1ccc2c(c1)OCO2. The number of benzene rings is 3. The van der Waals surface area contributed by atoms with E-state index in [9.17, 15) is 18.0 Å². The highest BCUT2D eigenvalue weighted by atomic mass is 32.2. The van der Waals surface area contributed by atoms with E-state index in [0.29, 0.717) is 22.7 Å². The van der Waals surface area contributed by atoms with Gasteiger partial charge in [-0.25, -0.2) is 17.9 Å². The fourth-order valence-corrected chi connectivity index (χ4v) is 4.99. The monoisotopic (exact) mass is 509 g/mol. The third kappa shape index (κ3) is 6.14. The molecule has 36 heavy (non-hydrogen) atoms. The van der Waals surface area contributed by atoms with Crippen LogP contribution in [0.2, 0.25) is 0 Å². The number of likely N-dealkylation sites (N-methyl/N-ethyl adjacent to an activating group) is 1. The summed E-state index contributed by atoms with van der Waals surface area (Å²) in [6.07, 6.45) is 0.166. The highest BCUT2D eigenvalue weighted by molar-refractivity contribution is 7.89. The highest BCUT2D eigenvalue weighted by Gasteiger charge is 2.28. The summed E-state index contributed by atoms with van der Waals surface area (Å²) >= 11 is 0. The summed E-state index contributed by atoms with van der Waals surface area (Å²) in [6, 6.07) is 19.3. The van der Waals surface area contributed by atoms with Crippen molar-refractivity contribution in [2.75, 3.05) is 18.7 Å². The average Bonchev–Trinajstić information content (AvgIpc) is 3.32. The van der Waals surface area contributed by atoms with E-state index in [2.05, 4.69) is 5.32 Å². The number of anilines is 1. The number of fused-ring (bicyclic) bond motifs is 1. The molecule has 1 aliphatic heterocycles. The van der Waals surface area contributed by atoms with Gasteiger partial charge in [-0.1, -0.05) is 54.6 Å². The molecule has 3 aromatic carbocycles. The molecule has 1 atom stereocenters. The number of hydrogen-bond acceptors (Lipinski definition) is 6. The van der Waals surface area contributed by atoms with E-state index in [4.69, 9.17) is 9.47 Å². The highest BCUT2D eigenvalue weighted by Crippen LogP contribution is 2.35. The zero-order valence-electron chi connectivity index (χ0n) is 19.9. The Hall–Kier alpha value is -4.05. The predicted octanol–water partition coefficient (Wildman–Crippen LogP) is 3.13. The lowest BCUT2D eigenvalue weighted by Gasteiger charge is -2.25. The van der Waals surface area contributed by atoms with Crippen molar-refractivity contribution in [2.45, 2.75) is 25.1 Å². The van der Waals surface area contributed by atoms with Gasteiger partial charge < -0.3 is 19.7 Å². The van der Waals surface area contributed by atoms with Crippen LogP contribution < -0.4 is 24.4 Å². The molecule has 0 spiro atoms. The second-order valence-corrected chi connectivity index (χ2v) is 10.2. The zero-order chi connectivity index (χ0) is 25.7. The van der Waals surface area contributed by atoms with Crippen LogP contribution in [0.1, 0.15) is 16.7 Å². The molecule has 3 aromatic rings. The third-order valence-corrected chi connectivity index (χ3v) is 7.00. The topological polar surface area (TPSA) is 114 Å². The first kappa shape index (κ1) is 25.1. The van der Waals surface area contributed by atoms with E-state index in [0.717, 1.165) is 11.1 Å². The molecule has 0 saturated heterocycles. The Bertz CT molecular complexity index is 1360. The number of amides is 3. The van der Waals surface area contributed by atoms with E-state index in [-0.39, 0.29) is 19.0 Å². The first-order chi connectivity index (χ1) is 17.2. The van der Waals surface area contributed by atoms with Crippen molar-refractivity contribution in [3.63, 3.8) is 0 Å². The second kappa shape index (κ2) is 10.7. The van der Waals surface area contributed by atoms with Gasteiger partial charge in [0.2, 0.25) is 22.7 Å². The third-order valence-electron chi connectivity index (χ3n) is 5.82. The summed E-state index contributed by atoms with van der Waals surface area (Å²) in [6.45, 7) is 1.90. The first-order valence-electron chi connectivity index (χ1n) is 11.3. The van der Waals surface area contributed by atoms with Gasteiger partial charge in [0.25, 0.3) is 0 Å². The number of urea groups is 1. The lowest BCUT2D eigenvalue weighted by molar-refractivity contribution is -0.120. The smallest absolute Gasteiger partial charge is 0.329 e. The van der Waals surface area contributed by atoms with E-state index in [1.54, 1.807) is 50.4 Å². The molecule has 3 amide bonds. The van der Waals surface area contributed by atoms with Crippen molar-refractivity contribution in [3.8, 4) is 11.5 Å². The lowest BCUT2D eigenvalue weighted by atomic mass is 10.0. The number of carbonyl (C=O) groups is 2. The molecule has 0 saturated carbocycles. The largest absolute Gasteiger partial charge is 0.454 e. The van der Waals surface area contributed by atoms with Gasteiger partial charge in [-0.3, -0.25) is 4.79 Å². The fraction of sp³-hybridized carbons (Fsp3) is 0.231. The van der Waals surface area contributed by atoms with Gasteiger partial charge in [0.1, 0.15) is 6.04 Å². The van der Waals surface area contributed by atoms with E-state index < -0.39 is 28.0 Å². The van der Waals surface area contributed by atoms with Crippen molar-refractivity contribution in [1.29, 1.82) is 0 Å². The van der Waals surface area contributed by atoms with Crippen molar-refractivity contribution >= 4 is 27.6 Å². The summed E-state index contributed by atoms with van der Waals surface area (Å²) in [7, 11) is -2.42. The Balaban J connectivity index is 1.50. The van der Waals surface area contributed by atoms with Crippen LogP contribution in [0.5, 0.6) is 11.5 Å². The molecule has 1 unspecified atom stereocenters. The number of sulfonamides is 1. The minimum Gasteiger partial charge on any atom is -0.454 e. The minimum absolute atomic E-state index is 0.103. The quantitative estimate of drug-likeness (QED) is 0.482. The van der Waals surface area contributed by atoms with Crippen LogP contribution in [0.3, 0.4) is 0 Å². The van der Waals surface area contributed by atoms with Gasteiger partial charge in [0.05, 0.1) is 5.75 Å². The van der Waals surface area contributed by atoms with Crippen LogP contribution in [0, 0.1) is 6.92 Å². The molecule has 4 rings (SSSR count). The Morgan fingerprint density at radius 2 is 1.67 bits per heavy atom. The van der Waals surface area contributed by atoms with Gasteiger partial charge in [-0.2, -0.15) is 0 Å². The number of aryl methyl sites for hydroxylation is 1. The zero-order valence-corrected chi connectivity index (χ0v) is 20.7.